The summed E-state index contributed by atoms with van der Waals surface area (Å²) in [5.41, 5.74) is 7.16. The quantitative estimate of drug-likeness (QED) is 0.865. The maximum Gasteiger partial charge on any atom is 0.213 e. The molecule has 0 unspecified atom stereocenters. The lowest BCUT2D eigenvalue weighted by atomic mass is 10.3. The molecule has 3 nitrogen and oxygen atoms in total. The van der Waals surface area contributed by atoms with Crippen LogP contribution in [0.5, 0.6) is 5.88 Å². The van der Waals surface area contributed by atoms with Gasteiger partial charge in [0.2, 0.25) is 5.88 Å². The van der Waals surface area contributed by atoms with E-state index in [9.17, 15) is 0 Å². The highest BCUT2D eigenvalue weighted by Crippen LogP contribution is 2.16. The van der Waals surface area contributed by atoms with E-state index in [1.54, 1.807) is 17.4 Å². The van der Waals surface area contributed by atoms with Crippen molar-refractivity contribution >= 4 is 17.0 Å². The first-order valence-corrected chi connectivity index (χ1v) is 5.52. The molecule has 0 bridgehead atoms. The molecule has 0 aliphatic carbocycles. The molecule has 0 fully saturated rings. The van der Waals surface area contributed by atoms with Gasteiger partial charge in [0.1, 0.15) is 6.61 Å². The molecule has 4 heteroatoms. The molecule has 0 amide bonds. The van der Waals surface area contributed by atoms with Crippen molar-refractivity contribution in [2.75, 3.05) is 5.73 Å². The van der Waals surface area contributed by atoms with Gasteiger partial charge < -0.3 is 10.5 Å². The predicted molar refractivity (Wildman–Crippen MR) is 62.0 cm³/mol. The normalized spacial score (nSPS) is 10.2. The third-order valence-corrected chi connectivity index (χ3v) is 2.89. The Morgan fingerprint density at radius 1 is 1.40 bits per heavy atom. The summed E-state index contributed by atoms with van der Waals surface area (Å²) in [6.07, 6.45) is 0. The van der Waals surface area contributed by atoms with E-state index < -0.39 is 0 Å². The molecule has 78 valence electrons. The molecule has 2 N–H and O–H groups in total. The first kappa shape index (κ1) is 9.98. The standard InChI is InChI=1S/C11H12N2OS/c1-8-10(12)4-5-11(13-8)14-7-9-3-2-6-15-9/h2-6H,7,12H2,1H3. The van der Waals surface area contributed by atoms with E-state index in [1.807, 2.05) is 30.5 Å². The monoisotopic (exact) mass is 220 g/mol. The first-order chi connectivity index (χ1) is 7.25. The molecular weight excluding hydrogens is 208 g/mol. The smallest absolute Gasteiger partial charge is 0.213 e. The molecule has 0 aliphatic heterocycles. The summed E-state index contributed by atoms with van der Waals surface area (Å²) in [5.74, 6) is 0.620. The number of rotatable bonds is 3. The Hall–Kier alpha value is -1.55. The molecular formula is C11H12N2OS. The number of nitrogens with zero attached hydrogens (tertiary/aromatic N) is 1. The number of hydrogen-bond acceptors (Lipinski definition) is 4. The van der Waals surface area contributed by atoms with Crippen molar-refractivity contribution in [3.8, 4) is 5.88 Å². The number of nitrogen functional groups attached to an aromatic ring is 1. The lowest BCUT2D eigenvalue weighted by Crippen LogP contribution is -1.98. The van der Waals surface area contributed by atoms with Gasteiger partial charge in [0.05, 0.1) is 11.4 Å². The molecule has 0 radical (unpaired) electrons. The van der Waals surface area contributed by atoms with Crippen molar-refractivity contribution in [2.45, 2.75) is 13.5 Å². The highest BCUT2D eigenvalue weighted by molar-refractivity contribution is 7.09. The van der Waals surface area contributed by atoms with Gasteiger partial charge in [-0.05, 0) is 24.4 Å². The van der Waals surface area contributed by atoms with Gasteiger partial charge in [0, 0.05) is 10.9 Å². The molecule has 0 aromatic carbocycles. The van der Waals surface area contributed by atoms with E-state index in [0.717, 1.165) is 5.69 Å². The van der Waals surface area contributed by atoms with Crippen LogP contribution in [0.1, 0.15) is 10.6 Å². The van der Waals surface area contributed by atoms with E-state index in [2.05, 4.69) is 4.98 Å². The molecule has 2 heterocycles. The van der Waals surface area contributed by atoms with Crippen molar-refractivity contribution in [2.24, 2.45) is 0 Å². The van der Waals surface area contributed by atoms with Crippen molar-refractivity contribution in [3.63, 3.8) is 0 Å². The molecule has 2 aromatic heterocycles. The molecule has 0 atom stereocenters. The number of pyridine rings is 1. The summed E-state index contributed by atoms with van der Waals surface area (Å²) >= 11 is 1.67. The van der Waals surface area contributed by atoms with Crippen LogP contribution in [-0.2, 0) is 6.61 Å². The lowest BCUT2D eigenvalue weighted by Gasteiger charge is -2.05. The second kappa shape index (κ2) is 4.31. The van der Waals surface area contributed by atoms with Gasteiger partial charge in [-0.2, -0.15) is 0 Å². The Morgan fingerprint density at radius 3 is 2.93 bits per heavy atom. The van der Waals surface area contributed by atoms with Crippen LogP contribution < -0.4 is 10.5 Å². The number of thiophene rings is 1. The van der Waals surface area contributed by atoms with E-state index in [-0.39, 0.29) is 0 Å². The summed E-state index contributed by atoms with van der Waals surface area (Å²) in [4.78, 5) is 5.42. The fourth-order valence-electron chi connectivity index (χ4n) is 1.17. The zero-order valence-electron chi connectivity index (χ0n) is 8.43. The van der Waals surface area contributed by atoms with Crippen molar-refractivity contribution in [1.29, 1.82) is 0 Å². The summed E-state index contributed by atoms with van der Waals surface area (Å²) in [5, 5.41) is 2.03. The van der Waals surface area contributed by atoms with Gasteiger partial charge >= 0.3 is 0 Å². The number of aryl methyl sites for hydroxylation is 1. The van der Waals surface area contributed by atoms with Crippen molar-refractivity contribution in [1.82, 2.24) is 4.98 Å². The Kier molecular flexibility index (Phi) is 2.87. The topological polar surface area (TPSA) is 48.1 Å². The fourth-order valence-corrected chi connectivity index (χ4v) is 1.78. The highest BCUT2D eigenvalue weighted by Gasteiger charge is 2.00. The van der Waals surface area contributed by atoms with Crippen LogP contribution in [0, 0.1) is 6.92 Å². The average Bonchev–Trinajstić information content (AvgIpc) is 2.73. The second-order valence-electron chi connectivity index (χ2n) is 3.19. The number of anilines is 1. The Labute approximate surface area is 92.5 Å². The lowest BCUT2D eigenvalue weighted by molar-refractivity contribution is 0.297. The molecule has 0 spiro atoms. The van der Waals surface area contributed by atoms with Crippen LogP contribution in [-0.4, -0.2) is 4.98 Å². The van der Waals surface area contributed by atoms with Crippen LogP contribution in [0.2, 0.25) is 0 Å². The third kappa shape index (κ3) is 2.47. The zero-order valence-corrected chi connectivity index (χ0v) is 9.25. The van der Waals surface area contributed by atoms with Crippen molar-refractivity contribution < 1.29 is 4.74 Å². The third-order valence-electron chi connectivity index (χ3n) is 2.04. The number of nitrogens with two attached hydrogens (primary N) is 1. The zero-order chi connectivity index (χ0) is 10.7. The predicted octanol–water partition coefficient (Wildman–Crippen LogP) is 2.61. The Balaban J connectivity index is 2.02. The van der Waals surface area contributed by atoms with Gasteiger partial charge in [0.25, 0.3) is 0 Å². The summed E-state index contributed by atoms with van der Waals surface area (Å²) < 4.78 is 5.53. The molecule has 15 heavy (non-hydrogen) atoms. The number of ether oxygens (including phenoxy) is 1. The van der Waals surface area contributed by atoms with Crippen LogP contribution in [0.3, 0.4) is 0 Å². The van der Waals surface area contributed by atoms with Crippen LogP contribution in [0.15, 0.2) is 29.6 Å². The van der Waals surface area contributed by atoms with Crippen LogP contribution >= 0.6 is 11.3 Å². The average molecular weight is 220 g/mol. The van der Waals surface area contributed by atoms with Crippen LogP contribution in [0.25, 0.3) is 0 Å². The summed E-state index contributed by atoms with van der Waals surface area (Å²) in [6.45, 7) is 2.43. The van der Waals surface area contributed by atoms with Gasteiger partial charge in [0.15, 0.2) is 0 Å². The molecule has 0 saturated heterocycles. The minimum Gasteiger partial charge on any atom is -0.472 e. The SMILES string of the molecule is Cc1nc(OCc2cccs2)ccc1N. The van der Waals surface area contributed by atoms with Gasteiger partial charge in [-0.15, -0.1) is 11.3 Å². The Morgan fingerprint density at radius 2 is 2.27 bits per heavy atom. The van der Waals surface area contributed by atoms with Crippen LogP contribution in [0.4, 0.5) is 5.69 Å². The highest BCUT2D eigenvalue weighted by atomic mass is 32.1. The van der Waals surface area contributed by atoms with Crippen molar-refractivity contribution in [3.05, 3.63) is 40.2 Å². The van der Waals surface area contributed by atoms with Gasteiger partial charge in [-0.1, -0.05) is 6.07 Å². The Bertz CT molecular complexity index is 440. The minimum atomic E-state index is 0.564. The van der Waals surface area contributed by atoms with E-state index >= 15 is 0 Å². The second-order valence-corrected chi connectivity index (χ2v) is 4.22. The summed E-state index contributed by atoms with van der Waals surface area (Å²) in [7, 11) is 0. The maximum atomic E-state index is 5.66. The van der Waals surface area contributed by atoms with Gasteiger partial charge in [-0.3, -0.25) is 0 Å². The molecule has 0 aliphatic rings. The largest absolute Gasteiger partial charge is 0.472 e. The fraction of sp³-hybridized carbons (Fsp3) is 0.182. The van der Waals surface area contributed by atoms with E-state index in [4.69, 9.17) is 10.5 Å². The van der Waals surface area contributed by atoms with E-state index in [0.29, 0.717) is 18.2 Å². The molecule has 2 rings (SSSR count). The summed E-state index contributed by atoms with van der Waals surface area (Å²) in [6, 6.07) is 7.64. The molecule has 2 aromatic rings. The number of aromatic nitrogens is 1. The minimum absolute atomic E-state index is 0.564. The van der Waals surface area contributed by atoms with Gasteiger partial charge in [-0.25, -0.2) is 4.98 Å². The van der Waals surface area contributed by atoms with E-state index in [1.165, 1.54) is 4.88 Å². The maximum absolute atomic E-state index is 5.66. The first-order valence-electron chi connectivity index (χ1n) is 4.64. The number of hydrogen-bond donors (Lipinski definition) is 1. The molecule has 0 saturated carbocycles.